The zero-order valence-corrected chi connectivity index (χ0v) is 25.9. The number of nitrogens with one attached hydrogen (secondary N) is 1. The highest BCUT2D eigenvalue weighted by Gasteiger charge is 2.42. The standard InChI is InChI=1S/C24H28N4O.3C2HF3O2/c1-29-21-9-7-19(8-10-21)18-27-14-11-24(12-15-27)23-25-17-22(28(23)16-13-26-24)20-5-3-2-4-6-20;3*3-2(4,5)1(6)7/h2-10,17,26H,11-16,18H2,1H3;3*(H,6,7). The molecule has 1 aromatic heterocycles. The molecular formula is C30H31F9N4O7. The van der Waals surface area contributed by atoms with Crippen molar-refractivity contribution in [3.8, 4) is 17.0 Å². The fraction of sp³-hybridized carbons (Fsp3) is 0.400. The topological polar surface area (TPSA) is 154 Å². The summed E-state index contributed by atoms with van der Waals surface area (Å²) in [4.78, 5) is 34.1. The van der Waals surface area contributed by atoms with Crippen LogP contribution >= 0.6 is 0 Å². The summed E-state index contributed by atoms with van der Waals surface area (Å²) in [6, 6.07) is 19.1. The summed E-state index contributed by atoms with van der Waals surface area (Å²) < 4.78 is 103. The molecule has 0 amide bonds. The number of hydrogen-bond acceptors (Lipinski definition) is 7. The number of alkyl halides is 9. The Morgan fingerprint density at radius 2 is 1.24 bits per heavy atom. The highest BCUT2D eigenvalue weighted by atomic mass is 19.4. The van der Waals surface area contributed by atoms with Gasteiger partial charge in [0.2, 0.25) is 0 Å². The van der Waals surface area contributed by atoms with E-state index in [1.54, 1.807) is 7.11 Å². The first kappa shape index (κ1) is 41.3. The highest BCUT2D eigenvalue weighted by Crippen LogP contribution is 2.37. The van der Waals surface area contributed by atoms with Gasteiger partial charge < -0.3 is 29.9 Å². The zero-order chi connectivity index (χ0) is 37.9. The summed E-state index contributed by atoms with van der Waals surface area (Å²) in [5.41, 5.74) is 3.83. The summed E-state index contributed by atoms with van der Waals surface area (Å²) >= 11 is 0. The molecule has 2 aliphatic rings. The predicted octanol–water partition coefficient (Wildman–Crippen LogP) is 5.55. The van der Waals surface area contributed by atoms with Crippen LogP contribution in [0.15, 0.2) is 60.8 Å². The number of ether oxygens (including phenoxy) is 1. The first-order valence-corrected chi connectivity index (χ1v) is 14.2. The Labute approximate surface area is 277 Å². The van der Waals surface area contributed by atoms with E-state index in [0.29, 0.717) is 0 Å². The molecule has 0 bridgehead atoms. The Hall–Kier alpha value is -4.85. The summed E-state index contributed by atoms with van der Waals surface area (Å²) in [6.07, 6.45) is -11.0. The number of imidazole rings is 1. The van der Waals surface area contributed by atoms with Gasteiger partial charge in [-0.25, -0.2) is 19.4 Å². The lowest BCUT2D eigenvalue weighted by Gasteiger charge is -2.44. The number of aromatic nitrogens is 2. The van der Waals surface area contributed by atoms with E-state index in [9.17, 15) is 39.5 Å². The molecular weight excluding hydrogens is 699 g/mol. The second-order valence-corrected chi connectivity index (χ2v) is 10.5. The number of halogens is 9. The number of aliphatic carboxylic acids is 3. The average Bonchev–Trinajstić information content (AvgIpc) is 3.48. The quantitative estimate of drug-likeness (QED) is 0.251. The van der Waals surface area contributed by atoms with Crippen molar-refractivity contribution in [1.82, 2.24) is 19.8 Å². The van der Waals surface area contributed by atoms with Crippen molar-refractivity contribution < 1.29 is 74.0 Å². The minimum Gasteiger partial charge on any atom is -0.497 e. The Balaban J connectivity index is 0.000000338. The zero-order valence-electron chi connectivity index (χ0n) is 25.9. The lowest BCUT2D eigenvalue weighted by atomic mass is 9.85. The van der Waals surface area contributed by atoms with E-state index >= 15 is 0 Å². The van der Waals surface area contributed by atoms with Crippen LogP contribution in [-0.4, -0.2) is 93.0 Å². The van der Waals surface area contributed by atoms with Gasteiger partial charge in [-0.1, -0.05) is 42.5 Å². The summed E-state index contributed by atoms with van der Waals surface area (Å²) in [7, 11) is 1.71. The lowest BCUT2D eigenvalue weighted by Crippen LogP contribution is -2.55. The van der Waals surface area contributed by atoms with Gasteiger partial charge in [-0.3, -0.25) is 4.90 Å². The minimum absolute atomic E-state index is 0.00168. The second kappa shape index (κ2) is 17.2. The third kappa shape index (κ3) is 12.2. The Bertz CT molecular complexity index is 1490. The molecule has 2 aliphatic heterocycles. The molecule has 5 rings (SSSR count). The molecule has 0 atom stereocenters. The van der Waals surface area contributed by atoms with E-state index in [4.69, 9.17) is 39.4 Å². The van der Waals surface area contributed by atoms with Crippen LogP contribution in [0.25, 0.3) is 11.3 Å². The average molecular weight is 731 g/mol. The number of nitrogens with zero attached hydrogens (tertiary/aromatic N) is 3. The molecule has 3 heterocycles. The van der Waals surface area contributed by atoms with E-state index in [1.165, 1.54) is 22.6 Å². The third-order valence-corrected chi connectivity index (χ3v) is 7.15. The van der Waals surface area contributed by atoms with Gasteiger partial charge in [-0.2, -0.15) is 39.5 Å². The molecule has 0 saturated carbocycles. The van der Waals surface area contributed by atoms with Gasteiger partial charge in [0.25, 0.3) is 0 Å². The molecule has 3 aromatic rings. The Morgan fingerprint density at radius 3 is 1.66 bits per heavy atom. The largest absolute Gasteiger partial charge is 0.497 e. The van der Waals surface area contributed by atoms with Crippen LogP contribution in [0.2, 0.25) is 0 Å². The van der Waals surface area contributed by atoms with E-state index in [1.807, 2.05) is 12.1 Å². The fourth-order valence-corrected chi connectivity index (χ4v) is 4.79. The predicted molar refractivity (Wildman–Crippen MR) is 156 cm³/mol. The SMILES string of the molecule is COc1ccc(CN2CCC3(CC2)NCCn2c(-c4ccccc4)cnc23)cc1.O=C(O)C(F)(F)F.O=C(O)C(F)(F)F.O=C(O)C(F)(F)F. The van der Waals surface area contributed by atoms with E-state index in [-0.39, 0.29) is 5.54 Å². The van der Waals surface area contributed by atoms with Crippen molar-refractivity contribution in [1.29, 1.82) is 0 Å². The van der Waals surface area contributed by atoms with Gasteiger partial charge in [0.15, 0.2) is 0 Å². The van der Waals surface area contributed by atoms with Crippen LogP contribution in [0, 0.1) is 0 Å². The maximum Gasteiger partial charge on any atom is 0.490 e. The van der Waals surface area contributed by atoms with E-state index in [0.717, 1.165) is 51.3 Å². The van der Waals surface area contributed by atoms with E-state index in [2.05, 4.69) is 63.4 Å². The number of carbonyl (C=O) groups is 3. The van der Waals surface area contributed by atoms with Crippen LogP contribution in [-0.2, 0) is 33.0 Å². The van der Waals surface area contributed by atoms with Gasteiger partial charge in [-0.05, 0) is 36.1 Å². The van der Waals surface area contributed by atoms with Crippen LogP contribution in [0.5, 0.6) is 5.75 Å². The molecule has 276 valence electrons. The van der Waals surface area contributed by atoms with Crippen molar-refractivity contribution >= 4 is 17.9 Å². The monoisotopic (exact) mass is 730 g/mol. The number of fused-ring (bicyclic) bond motifs is 2. The van der Waals surface area contributed by atoms with Crippen molar-refractivity contribution in [2.45, 2.75) is 50.0 Å². The Kier molecular flexibility index (Phi) is 14.2. The van der Waals surface area contributed by atoms with Crippen LogP contribution < -0.4 is 10.1 Å². The molecule has 1 saturated heterocycles. The summed E-state index contributed by atoms with van der Waals surface area (Å²) in [6.45, 7) is 5.13. The second-order valence-electron chi connectivity index (χ2n) is 10.5. The minimum atomic E-state index is -5.08. The van der Waals surface area contributed by atoms with Crippen LogP contribution in [0.1, 0.15) is 24.2 Å². The Morgan fingerprint density at radius 1 is 0.780 bits per heavy atom. The fourth-order valence-electron chi connectivity index (χ4n) is 4.79. The number of carboxylic acids is 3. The van der Waals surface area contributed by atoms with Crippen molar-refractivity contribution in [2.24, 2.45) is 0 Å². The highest BCUT2D eigenvalue weighted by molar-refractivity contribution is 5.73. The number of methoxy groups -OCH3 is 1. The maximum atomic E-state index is 10.6. The van der Waals surface area contributed by atoms with E-state index < -0.39 is 36.4 Å². The van der Waals surface area contributed by atoms with Crippen LogP contribution in [0.4, 0.5) is 39.5 Å². The maximum absolute atomic E-state index is 10.6. The lowest BCUT2D eigenvalue weighted by molar-refractivity contribution is -0.193. The van der Waals surface area contributed by atoms with Gasteiger partial charge >= 0.3 is 36.4 Å². The number of hydrogen-bond donors (Lipinski definition) is 4. The number of piperidine rings is 1. The molecule has 0 aliphatic carbocycles. The first-order chi connectivity index (χ1) is 23.1. The van der Waals surface area contributed by atoms with Crippen molar-refractivity contribution in [3.63, 3.8) is 0 Å². The third-order valence-electron chi connectivity index (χ3n) is 7.15. The number of carboxylic acid groups (broad SMARTS) is 3. The van der Waals surface area contributed by atoms with Crippen molar-refractivity contribution in [2.75, 3.05) is 26.7 Å². The molecule has 1 spiro atoms. The van der Waals surface area contributed by atoms with Crippen LogP contribution in [0.3, 0.4) is 0 Å². The molecule has 11 nitrogen and oxygen atoms in total. The molecule has 50 heavy (non-hydrogen) atoms. The summed E-state index contributed by atoms with van der Waals surface area (Å²) in [5, 5.41) is 25.2. The molecule has 1 fully saturated rings. The molecule has 0 unspecified atom stereocenters. The molecule has 20 heteroatoms. The first-order valence-electron chi connectivity index (χ1n) is 14.2. The summed E-state index contributed by atoms with van der Waals surface area (Å²) in [5.74, 6) is -6.14. The number of benzene rings is 2. The van der Waals surface area contributed by atoms with Crippen molar-refractivity contribution in [3.05, 3.63) is 72.2 Å². The molecule has 4 N–H and O–H groups in total. The van der Waals surface area contributed by atoms with Gasteiger partial charge in [-0.15, -0.1) is 0 Å². The van der Waals surface area contributed by atoms with Gasteiger partial charge in [0.1, 0.15) is 11.6 Å². The molecule has 0 radical (unpaired) electrons. The van der Waals surface area contributed by atoms with Gasteiger partial charge in [0.05, 0.1) is 24.5 Å². The smallest absolute Gasteiger partial charge is 0.490 e. The normalized spacial score (nSPS) is 15.5. The van der Waals surface area contributed by atoms with Gasteiger partial charge in [0, 0.05) is 32.7 Å². The number of rotatable bonds is 4. The number of likely N-dealkylation sites (tertiary alicyclic amines) is 1. The molecule has 2 aromatic carbocycles.